The van der Waals surface area contributed by atoms with Gasteiger partial charge < -0.3 is 4.74 Å². The summed E-state index contributed by atoms with van der Waals surface area (Å²) in [6, 6.07) is 6.46. The first-order valence-electron chi connectivity index (χ1n) is 8.04. The van der Waals surface area contributed by atoms with Crippen molar-refractivity contribution in [1.82, 2.24) is 0 Å². The molecule has 1 saturated carbocycles. The predicted octanol–water partition coefficient (Wildman–Crippen LogP) is 4.03. The number of ether oxygens (including phenoxy) is 1. The number of Topliss-reactive ketones (excluding diaryl/α,β-unsaturated/α-hetero) is 1. The molecule has 0 amide bonds. The van der Waals surface area contributed by atoms with Gasteiger partial charge in [0.05, 0.1) is 7.11 Å². The highest BCUT2D eigenvalue weighted by Crippen LogP contribution is 2.56. The number of hydrogen-bond donors (Lipinski definition) is 0. The zero-order valence-electron chi connectivity index (χ0n) is 12.8. The van der Waals surface area contributed by atoms with E-state index in [1.54, 1.807) is 7.11 Å². The Morgan fingerprint density at radius 2 is 2.10 bits per heavy atom. The first-order valence-corrected chi connectivity index (χ1v) is 8.04. The number of ketones is 1. The fraction of sp³-hybridized carbons (Fsp3) is 0.526. The van der Waals surface area contributed by atoms with Crippen LogP contribution in [0.1, 0.15) is 43.7 Å². The molecule has 0 N–H and O–H groups in total. The van der Waals surface area contributed by atoms with Gasteiger partial charge in [-0.2, -0.15) is 0 Å². The minimum Gasteiger partial charge on any atom is -0.497 e. The fourth-order valence-corrected chi connectivity index (χ4v) is 4.86. The maximum absolute atomic E-state index is 12.3. The Bertz CT molecular complexity index is 643. The van der Waals surface area contributed by atoms with E-state index in [0.29, 0.717) is 17.6 Å². The molecule has 110 valence electrons. The molecule has 0 bridgehead atoms. The van der Waals surface area contributed by atoms with Crippen molar-refractivity contribution in [3.05, 3.63) is 35.4 Å². The van der Waals surface area contributed by atoms with E-state index in [-0.39, 0.29) is 5.41 Å². The Labute approximate surface area is 126 Å². The summed E-state index contributed by atoms with van der Waals surface area (Å²) in [6.07, 6.45) is 7.44. The Morgan fingerprint density at radius 1 is 1.24 bits per heavy atom. The van der Waals surface area contributed by atoms with Gasteiger partial charge in [0, 0.05) is 11.8 Å². The van der Waals surface area contributed by atoms with Crippen LogP contribution >= 0.6 is 0 Å². The molecular weight excluding hydrogens is 260 g/mol. The van der Waals surface area contributed by atoms with E-state index in [2.05, 4.69) is 31.2 Å². The van der Waals surface area contributed by atoms with E-state index in [1.165, 1.54) is 23.1 Å². The quantitative estimate of drug-likeness (QED) is 0.777. The zero-order valence-corrected chi connectivity index (χ0v) is 12.8. The summed E-state index contributed by atoms with van der Waals surface area (Å²) in [7, 11) is 1.73. The lowest BCUT2D eigenvalue weighted by atomic mass is 9.60. The van der Waals surface area contributed by atoms with Crippen LogP contribution in [-0.2, 0) is 11.2 Å². The summed E-state index contributed by atoms with van der Waals surface area (Å²) < 4.78 is 5.35. The molecule has 21 heavy (non-hydrogen) atoms. The van der Waals surface area contributed by atoms with Crippen LogP contribution in [0, 0.1) is 17.3 Å². The number of benzene rings is 1. The summed E-state index contributed by atoms with van der Waals surface area (Å²) in [5.74, 6) is 2.57. The maximum atomic E-state index is 12.3. The van der Waals surface area contributed by atoms with Crippen molar-refractivity contribution in [2.45, 2.75) is 39.0 Å². The summed E-state index contributed by atoms with van der Waals surface area (Å²) in [5, 5.41) is 0. The van der Waals surface area contributed by atoms with Gasteiger partial charge in [0.25, 0.3) is 0 Å². The third-order valence-corrected chi connectivity index (χ3v) is 6.12. The zero-order chi connectivity index (χ0) is 14.6. The fourth-order valence-electron chi connectivity index (χ4n) is 4.86. The first-order chi connectivity index (χ1) is 10.1. The van der Waals surface area contributed by atoms with Gasteiger partial charge in [-0.3, -0.25) is 4.79 Å². The lowest BCUT2D eigenvalue weighted by Gasteiger charge is -2.43. The molecule has 0 aliphatic heterocycles. The van der Waals surface area contributed by atoms with E-state index < -0.39 is 0 Å². The molecule has 3 atom stereocenters. The van der Waals surface area contributed by atoms with Gasteiger partial charge >= 0.3 is 0 Å². The van der Waals surface area contributed by atoms with E-state index in [1.807, 2.05) is 0 Å². The second kappa shape index (κ2) is 4.46. The number of methoxy groups -OCH3 is 1. The Morgan fingerprint density at radius 3 is 2.90 bits per heavy atom. The normalized spacial score (nSPS) is 33.8. The third kappa shape index (κ3) is 1.74. The van der Waals surface area contributed by atoms with Crippen molar-refractivity contribution in [2.75, 3.05) is 7.11 Å². The Balaban J connectivity index is 1.78. The Kier molecular flexibility index (Phi) is 2.79. The number of carbonyl (C=O) groups is 1. The van der Waals surface area contributed by atoms with Gasteiger partial charge in [-0.1, -0.05) is 19.1 Å². The molecule has 1 fully saturated rings. The topological polar surface area (TPSA) is 26.3 Å². The average Bonchev–Trinajstić information content (AvgIpc) is 2.82. The highest BCUT2D eigenvalue weighted by molar-refractivity contribution is 5.89. The molecule has 0 spiro atoms. The Hall–Kier alpha value is -1.57. The largest absolute Gasteiger partial charge is 0.497 e. The molecule has 0 heterocycles. The predicted molar refractivity (Wildman–Crippen MR) is 83.2 cm³/mol. The lowest BCUT2D eigenvalue weighted by molar-refractivity contribution is -0.126. The van der Waals surface area contributed by atoms with Crippen LogP contribution in [0.4, 0.5) is 0 Å². The van der Waals surface area contributed by atoms with Crippen molar-refractivity contribution >= 4 is 11.4 Å². The molecule has 0 saturated heterocycles. The summed E-state index contributed by atoms with van der Waals surface area (Å²) in [4.78, 5) is 12.3. The van der Waals surface area contributed by atoms with Gasteiger partial charge in [-0.15, -0.1) is 0 Å². The van der Waals surface area contributed by atoms with Gasteiger partial charge in [0.2, 0.25) is 0 Å². The molecule has 2 heteroatoms. The standard InChI is InChI=1S/C19H22O2/c1-19-10-9-15-14-6-4-13(21-2)11-12(14)3-5-16(15)17(19)7-8-18(19)20/h4,6,9,11,16-17H,3,5,7-8,10H2,1-2H3/t16-,17-,19+/m1/s1. The van der Waals surface area contributed by atoms with Crippen LogP contribution in [0.15, 0.2) is 24.3 Å². The second-order valence-electron chi connectivity index (χ2n) is 7.02. The van der Waals surface area contributed by atoms with Crippen LogP contribution in [0.2, 0.25) is 0 Å². The van der Waals surface area contributed by atoms with Crippen molar-refractivity contribution in [3.8, 4) is 5.75 Å². The molecule has 0 radical (unpaired) electrons. The number of allylic oxidation sites excluding steroid dienone is 2. The number of aryl methyl sites for hydroxylation is 1. The maximum Gasteiger partial charge on any atom is 0.139 e. The van der Waals surface area contributed by atoms with E-state index in [9.17, 15) is 4.79 Å². The van der Waals surface area contributed by atoms with Crippen LogP contribution in [0.5, 0.6) is 5.75 Å². The van der Waals surface area contributed by atoms with Gasteiger partial charge in [0.15, 0.2) is 0 Å². The van der Waals surface area contributed by atoms with Crippen LogP contribution in [0.3, 0.4) is 0 Å². The highest BCUT2D eigenvalue weighted by Gasteiger charge is 2.51. The SMILES string of the molecule is COc1ccc2c(c1)CC[C@@H]1C2=CC[C@]2(C)C(=O)CC[C@H]12. The van der Waals surface area contributed by atoms with Gasteiger partial charge in [0.1, 0.15) is 11.5 Å². The van der Waals surface area contributed by atoms with Crippen molar-refractivity contribution < 1.29 is 9.53 Å². The molecular formula is C19H22O2. The number of hydrogen-bond acceptors (Lipinski definition) is 2. The van der Waals surface area contributed by atoms with Crippen molar-refractivity contribution in [2.24, 2.45) is 17.3 Å². The lowest BCUT2D eigenvalue weighted by Crippen LogP contribution is -2.38. The monoisotopic (exact) mass is 282 g/mol. The van der Waals surface area contributed by atoms with Crippen LogP contribution in [0.25, 0.3) is 5.57 Å². The molecule has 3 aliphatic rings. The molecule has 2 nitrogen and oxygen atoms in total. The molecule has 1 aromatic carbocycles. The van der Waals surface area contributed by atoms with E-state index in [4.69, 9.17) is 4.74 Å². The second-order valence-corrected chi connectivity index (χ2v) is 7.02. The smallest absolute Gasteiger partial charge is 0.139 e. The minimum atomic E-state index is -0.0852. The van der Waals surface area contributed by atoms with Crippen molar-refractivity contribution in [1.29, 1.82) is 0 Å². The molecule has 0 aromatic heterocycles. The first kappa shape index (κ1) is 13.1. The number of carbonyl (C=O) groups excluding carboxylic acids is 1. The molecule has 4 rings (SSSR count). The number of rotatable bonds is 1. The summed E-state index contributed by atoms with van der Waals surface area (Å²) in [5.41, 5.74) is 4.22. The van der Waals surface area contributed by atoms with E-state index in [0.717, 1.165) is 31.4 Å². The molecule has 1 aromatic rings. The van der Waals surface area contributed by atoms with Crippen LogP contribution < -0.4 is 4.74 Å². The highest BCUT2D eigenvalue weighted by atomic mass is 16.5. The summed E-state index contributed by atoms with van der Waals surface area (Å²) >= 11 is 0. The van der Waals surface area contributed by atoms with E-state index >= 15 is 0 Å². The average molecular weight is 282 g/mol. The minimum absolute atomic E-state index is 0.0852. The van der Waals surface area contributed by atoms with Gasteiger partial charge in [-0.25, -0.2) is 0 Å². The van der Waals surface area contributed by atoms with Gasteiger partial charge in [-0.05, 0) is 66.4 Å². The van der Waals surface area contributed by atoms with Crippen LogP contribution in [-0.4, -0.2) is 12.9 Å². The molecule has 0 unspecified atom stereocenters. The molecule has 3 aliphatic carbocycles. The number of fused-ring (bicyclic) bond motifs is 5. The van der Waals surface area contributed by atoms with Crippen molar-refractivity contribution in [3.63, 3.8) is 0 Å². The summed E-state index contributed by atoms with van der Waals surface area (Å²) in [6.45, 7) is 2.20. The third-order valence-electron chi connectivity index (χ3n) is 6.12.